The third-order valence-electron chi connectivity index (χ3n) is 7.63. The maximum atomic E-state index is 13.4. The van der Waals surface area contributed by atoms with Crippen LogP contribution in [0, 0.1) is 0 Å². The van der Waals surface area contributed by atoms with Crippen LogP contribution in [0.2, 0.25) is 5.02 Å². The van der Waals surface area contributed by atoms with Crippen LogP contribution in [0.3, 0.4) is 0 Å². The average Bonchev–Trinajstić information content (AvgIpc) is 2.95. The Bertz CT molecular complexity index is 1530. The van der Waals surface area contributed by atoms with Gasteiger partial charge in [-0.15, -0.1) is 0 Å². The Morgan fingerprint density at radius 3 is 2.50 bits per heavy atom. The SMILES string of the molecule is CC(=O)NCc1cc(N2CCC(N(C)N3CCN(S(=O)(=O)c4ccc5cc(Cl)ccc5c4)CC3=O)CC2)ccn1. The molecule has 40 heavy (non-hydrogen) atoms. The van der Waals surface area contributed by atoms with Gasteiger partial charge in [0.2, 0.25) is 15.9 Å². The molecule has 12 heteroatoms. The van der Waals surface area contributed by atoms with Crippen LogP contribution in [0.25, 0.3) is 10.8 Å². The predicted octanol–water partition coefficient (Wildman–Crippen LogP) is 2.87. The molecular formula is C28H33ClN6O4S. The fourth-order valence-electron chi connectivity index (χ4n) is 5.35. The number of amides is 2. The molecule has 5 rings (SSSR count). The molecule has 1 aromatic heterocycles. The van der Waals surface area contributed by atoms with Gasteiger partial charge in [-0.1, -0.05) is 23.7 Å². The standard InChI is InChI=1S/C28H33ClN6O4S/c1-20(36)31-18-24-17-26(7-10-30-24)33-11-8-25(9-12-33)32(2)35-14-13-34(19-28(35)37)40(38,39)27-6-4-21-15-23(29)5-3-22(21)16-27/h3-7,10,15-17,25H,8-9,11-14,18-19H2,1-2H3,(H,31,36). The average molecular weight is 585 g/mol. The highest BCUT2D eigenvalue weighted by Crippen LogP contribution is 2.27. The minimum Gasteiger partial charge on any atom is -0.371 e. The number of hydrogen-bond donors (Lipinski definition) is 1. The van der Waals surface area contributed by atoms with E-state index in [1.165, 1.54) is 11.2 Å². The van der Waals surface area contributed by atoms with Crippen molar-refractivity contribution in [2.45, 2.75) is 37.2 Å². The number of piperazine rings is 1. The number of carbonyl (C=O) groups excluding carboxylic acids is 2. The topological polar surface area (TPSA) is 106 Å². The number of benzene rings is 2. The second-order valence-electron chi connectivity index (χ2n) is 10.2. The first-order valence-electron chi connectivity index (χ1n) is 13.3. The van der Waals surface area contributed by atoms with E-state index in [4.69, 9.17) is 11.6 Å². The fraction of sp³-hybridized carbons (Fsp3) is 0.393. The highest BCUT2D eigenvalue weighted by atomic mass is 35.5. The molecule has 2 fully saturated rings. The molecule has 0 spiro atoms. The van der Waals surface area contributed by atoms with Gasteiger partial charge in [-0.25, -0.2) is 13.4 Å². The van der Waals surface area contributed by atoms with Gasteiger partial charge in [0.15, 0.2) is 0 Å². The van der Waals surface area contributed by atoms with E-state index < -0.39 is 10.0 Å². The van der Waals surface area contributed by atoms with Crippen LogP contribution < -0.4 is 10.2 Å². The first-order chi connectivity index (χ1) is 19.1. The van der Waals surface area contributed by atoms with Crippen LogP contribution in [-0.2, 0) is 26.2 Å². The number of pyridine rings is 1. The molecule has 2 saturated heterocycles. The van der Waals surface area contributed by atoms with Crippen molar-refractivity contribution in [1.82, 2.24) is 24.6 Å². The summed E-state index contributed by atoms with van der Waals surface area (Å²) < 4.78 is 28.0. The van der Waals surface area contributed by atoms with E-state index in [1.807, 2.05) is 24.2 Å². The van der Waals surface area contributed by atoms with E-state index in [0.29, 0.717) is 18.1 Å². The molecular weight excluding hydrogens is 552 g/mol. The monoisotopic (exact) mass is 584 g/mol. The number of rotatable bonds is 7. The first-order valence-corrected chi connectivity index (χ1v) is 15.1. The summed E-state index contributed by atoms with van der Waals surface area (Å²) in [6, 6.07) is 14.4. The number of aromatic nitrogens is 1. The largest absolute Gasteiger partial charge is 0.371 e. The van der Waals surface area contributed by atoms with Crippen LogP contribution >= 0.6 is 11.6 Å². The quantitative estimate of drug-likeness (QED) is 0.455. The van der Waals surface area contributed by atoms with Crippen molar-refractivity contribution in [2.24, 2.45) is 0 Å². The van der Waals surface area contributed by atoms with Gasteiger partial charge in [-0.2, -0.15) is 4.31 Å². The van der Waals surface area contributed by atoms with E-state index in [9.17, 15) is 18.0 Å². The van der Waals surface area contributed by atoms with Gasteiger partial charge in [0.05, 0.1) is 30.2 Å². The van der Waals surface area contributed by atoms with Crippen molar-refractivity contribution < 1.29 is 18.0 Å². The molecule has 0 atom stereocenters. The molecule has 2 aromatic carbocycles. The zero-order chi connectivity index (χ0) is 28.4. The van der Waals surface area contributed by atoms with Gasteiger partial charge < -0.3 is 10.2 Å². The Labute approximate surface area is 239 Å². The van der Waals surface area contributed by atoms with Gasteiger partial charge in [-0.3, -0.25) is 19.6 Å². The summed E-state index contributed by atoms with van der Waals surface area (Å²) in [7, 11) is -1.91. The number of fused-ring (bicyclic) bond motifs is 1. The van der Waals surface area contributed by atoms with E-state index in [-0.39, 0.29) is 35.8 Å². The Morgan fingerprint density at radius 2 is 1.77 bits per heavy atom. The lowest BCUT2D eigenvalue weighted by Crippen LogP contribution is -2.60. The number of hydrogen-bond acceptors (Lipinski definition) is 7. The number of halogens is 1. The molecule has 10 nitrogen and oxygen atoms in total. The third kappa shape index (κ3) is 6.07. The molecule has 0 saturated carbocycles. The Balaban J connectivity index is 1.18. The molecule has 0 aliphatic carbocycles. The number of piperidine rings is 1. The Hall–Kier alpha value is -3.25. The lowest BCUT2D eigenvalue weighted by Gasteiger charge is -2.45. The van der Waals surface area contributed by atoms with Gasteiger partial charge in [0.1, 0.15) is 0 Å². The number of anilines is 1. The number of hydrazine groups is 1. The van der Waals surface area contributed by atoms with E-state index in [2.05, 4.69) is 15.2 Å². The van der Waals surface area contributed by atoms with Crippen LogP contribution in [0.15, 0.2) is 59.6 Å². The second kappa shape index (κ2) is 11.7. The minimum absolute atomic E-state index is 0.0940. The van der Waals surface area contributed by atoms with Gasteiger partial charge in [-0.05, 0) is 60.0 Å². The lowest BCUT2D eigenvalue weighted by atomic mass is 10.0. The third-order valence-corrected chi connectivity index (χ3v) is 9.71. The molecule has 1 N–H and O–H groups in total. The van der Waals surface area contributed by atoms with Crippen molar-refractivity contribution in [3.63, 3.8) is 0 Å². The van der Waals surface area contributed by atoms with Crippen LogP contribution in [0.5, 0.6) is 0 Å². The van der Waals surface area contributed by atoms with Gasteiger partial charge >= 0.3 is 0 Å². The molecule has 2 aliphatic rings. The van der Waals surface area contributed by atoms with Crippen molar-refractivity contribution in [2.75, 3.05) is 44.7 Å². The van der Waals surface area contributed by atoms with E-state index >= 15 is 0 Å². The molecule has 0 unspecified atom stereocenters. The summed E-state index contributed by atoms with van der Waals surface area (Å²) in [5, 5.41) is 8.67. The van der Waals surface area contributed by atoms with Crippen LogP contribution in [-0.4, -0.2) is 85.4 Å². The van der Waals surface area contributed by atoms with Crippen molar-refractivity contribution in [3.05, 3.63) is 65.4 Å². The summed E-state index contributed by atoms with van der Waals surface area (Å²) in [6.07, 6.45) is 3.46. The fourth-order valence-corrected chi connectivity index (χ4v) is 6.95. The Kier molecular flexibility index (Phi) is 8.27. The molecule has 212 valence electrons. The summed E-state index contributed by atoms with van der Waals surface area (Å²) in [4.78, 5) is 31.2. The maximum Gasteiger partial charge on any atom is 0.252 e. The number of carbonyl (C=O) groups is 2. The summed E-state index contributed by atoms with van der Waals surface area (Å²) in [5.41, 5.74) is 1.86. The summed E-state index contributed by atoms with van der Waals surface area (Å²) in [6.45, 7) is 3.83. The van der Waals surface area contributed by atoms with Crippen molar-refractivity contribution >= 4 is 49.9 Å². The smallest absolute Gasteiger partial charge is 0.252 e. The number of nitrogens with zero attached hydrogens (tertiary/aromatic N) is 5. The molecule has 3 heterocycles. The first kappa shape index (κ1) is 28.3. The zero-order valence-electron chi connectivity index (χ0n) is 22.6. The van der Waals surface area contributed by atoms with Crippen LogP contribution in [0.4, 0.5) is 5.69 Å². The number of nitrogens with one attached hydrogen (secondary N) is 1. The van der Waals surface area contributed by atoms with Crippen molar-refractivity contribution in [1.29, 1.82) is 0 Å². The molecule has 0 bridgehead atoms. The molecule has 0 radical (unpaired) electrons. The normalized spacial score (nSPS) is 17.6. The van der Waals surface area contributed by atoms with Crippen molar-refractivity contribution in [3.8, 4) is 0 Å². The van der Waals surface area contributed by atoms with Gasteiger partial charge in [0, 0.05) is 56.6 Å². The van der Waals surface area contributed by atoms with E-state index in [1.54, 1.807) is 47.6 Å². The maximum absolute atomic E-state index is 13.4. The van der Waals surface area contributed by atoms with E-state index in [0.717, 1.165) is 48.1 Å². The van der Waals surface area contributed by atoms with Gasteiger partial charge in [0.25, 0.3) is 5.91 Å². The second-order valence-corrected chi connectivity index (χ2v) is 12.6. The Morgan fingerprint density at radius 1 is 1.05 bits per heavy atom. The highest BCUT2D eigenvalue weighted by molar-refractivity contribution is 7.89. The predicted molar refractivity (Wildman–Crippen MR) is 154 cm³/mol. The number of sulfonamides is 1. The minimum atomic E-state index is -3.82. The zero-order valence-corrected chi connectivity index (χ0v) is 24.2. The van der Waals surface area contributed by atoms with Crippen LogP contribution in [0.1, 0.15) is 25.5 Å². The molecule has 2 amide bonds. The summed E-state index contributed by atoms with van der Waals surface area (Å²) >= 11 is 6.05. The lowest BCUT2D eigenvalue weighted by molar-refractivity contribution is -0.156. The highest BCUT2D eigenvalue weighted by Gasteiger charge is 2.36. The molecule has 2 aliphatic heterocycles. The summed E-state index contributed by atoms with van der Waals surface area (Å²) in [5.74, 6) is -0.326. The molecule has 3 aromatic rings.